The first-order valence-corrected chi connectivity index (χ1v) is 7.54. The predicted molar refractivity (Wildman–Crippen MR) is 84.6 cm³/mol. The second kappa shape index (κ2) is 6.85. The minimum Gasteiger partial charge on any atom is -0.395 e. The van der Waals surface area contributed by atoms with Crippen LogP contribution in [0, 0.1) is 0 Å². The van der Waals surface area contributed by atoms with E-state index in [4.69, 9.17) is 5.11 Å². The third-order valence-corrected chi connectivity index (χ3v) is 4.00. The molecular formula is C18H22N2O. The molecule has 0 saturated carbocycles. The maximum Gasteiger partial charge on any atom is 0.0556 e. The lowest BCUT2D eigenvalue weighted by Crippen LogP contribution is -2.19. The second-order valence-corrected chi connectivity index (χ2v) is 5.59. The average molecular weight is 282 g/mol. The van der Waals surface area contributed by atoms with E-state index in [-0.39, 0.29) is 6.61 Å². The summed E-state index contributed by atoms with van der Waals surface area (Å²) in [5, 5.41) is 12.2. The average Bonchev–Trinajstić information content (AvgIpc) is 2.92. The van der Waals surface area contributed by atoms with Gasteiger partial charge in [-0.15, -0.1) is 0 Å². The normalized spacial score (nSPS) is 14.3. The zero-order valence-corrected chi connectivity index (χ0v) is 12.3. The number of nitrogens with zero attached hydrogens (tertiary/aromatic N) is 1. The Balaban J connectivity index is 1.67. The highest BCUT2D eigenvalue weighted by molar-refractivity contribution is 5.38. The van der Waals surface area contributed by atoms with Gasteiger partial charge in [-0.1, -0.05) is 48.5 Å². The molecule has 0 radical (unpaired) electrons. The van der Waals surface area contributed by atoms with Crippen molar-refractivity contribution < 1.29 is 5.11 Å². The van der Waals surface area contributed by atoms with E-state index in [0.29, 0.717) is 6.54 Å². The molecule has 2 aromatic carbocycles. The standard InChI is InChI=1S/C18H22N2O/c21-10-9-19-11-16-7-4-8-17-13-20(14-18(16)17)12-15-5-2-1-3-6-15/h1-8,19,21H,9-14H2. The highest BCUT2D eigenvalue weighted by Gasteiger charge is 2.21. The van der Waals surface area contributed by atoms with Crippen LogP contribution in [0.2, 0.25) is 0 Å². The van der Waals surface area contributed by atoms with Crippen LogP contribution in [-0.4, -0.2) is 23.2 Å². The molecule has 3 nitrogen and oxygen atoms in total. The van der Waals surface area contributed by atoms with Gasteiger partial charge in [-0.25, -0.2) is 0 Å². The molecule has 110 valence electrons. The van der Waals surface area contributed by atoms with Gasteiger partial charge >= 0.3 is 0 Å². The summed E-state index contributed by atoms with van der Waals surface area (Å²) in [6.07, 6.45) is 0. The van der Waals surface area contributed by atoms with E-state index in [1.54, 1.807) is 0 Å². The molecule has 1 heterocycles. The maximum absolute atomic E-state index is 8.87. The van der Waals surface area contributed by atoms with Crippen molar-refractivity contribution >= 4 is 0 Å². The lowest BCUT2D eigenvalue weighted by Gasteiger charge is -2.15. The molecular weight excluding hydrogens is 260 g/mol. The molecule has 0 aromatic heterocycles. The Morgan fingerprint density at radius 2 is 1.86 bits per heavy atom. The number of aliphatic hydroxyl groups excluding tert-OH is 1. The summed E-state index contributed by atoms with van der Waals surface area (Å²) in [4.78, 5) is 2.48. The smallest absolute Gasteiger partial charge is 0.0556 e. The SMILES string of the molecule is OCCNCc1cccc2c1CN(Cc1ccccc1)C2. The fourth-order valence-corrected chi connectivity index (χ4v) is 2.98. The number of aliphatic hydroxyl groups is 1. The van der Waals surface area contributed by atoms with E-state index in [1.807, 2.05) is 0 Å². The summed E-state index contributed by atoms with van der Waals surface area (Å²) in [6, 6.07) is 17.2. The first-order valence-electron chi connectivity index (χ1n) is 7.54. The Hall–Kier alpha value is -1.68. The Bertz CT molecular complexity index is 583. The van der Waals surface area contributed by atoms with Crippen LogP contribution < -0.4 is 5.32 Å². The molecule has 0 unspecified atom stereocenters. The van der Waals surface area contributed by atoms with Gasteiger partial charge in [-0.05, 0) is 22.3 Å². The number of nitrogens with one attached hydrogen (secondary N) is 1. The molecule has 2 N–H and O–H groups in total. The quantitative estimate of drug-likeness (QED) is 0.798. The van der Waals surface area contributed by atoms with Gasteiger partial charge in [-0.2, -0.15) is 0 Å². The summed E-state index contributed by atoms with van der Waals surface area (Å²) in [5.74, 6) is 0. The Morgan fingerprint density at radius 3 is 2.67 bits per heavy atom. The molecule has 0 spiro atoms. The van der Waals surface area contributed by atoms with Crippen molar-refractivity contribution in [3.05, 3.63) is 70.8 Å². The lowest BCUT2D eigenvalue weighted by atomic mass is 10.0. The summed E-state index contributed by atoms with van der Waals surface area (Å²) < 4.78 is 0. The molecule has 0 saturated heterocycles. The van der Waals surface area contributed by atoms with Crippen molar-refractivity contribution in [3.8, 4) is 0 Å². The number of hydrogen-bond acceptors (Lipinski definition) is 3. The van der Waals surface area contributed by atoms with Crippen LogP contribution in [0.1, 0.15) is 22.3 Å². The van der Waals surface area contributed by atoms with Gasteiger partial charge < -0.3 is 10.4 Å². The molecule has 21 heavy (non-hydrogen) atoms. The molecule has 3 rings (SSSR count). The highest BCUT2D eigenvalue weighted by atomic mass is 16.3. The van der Waals surface area contributed by atoms with Crippen LogP contribution >= 0.6 is 0 Å². The van der Waals surface area contributed by atoms with Gasteiger partial charge in [0.05, 0.1) is 6.61 Å². The zero-order chi connectivity index (χ0) is 14.5. The minimum absolute atomic E-state index is 0.190. The van der Waals surface area contributed by atoms with Crippen LogP contribution in [0.4, 0.5) is 0 Å². The van der Waals surface area contributed by atoms with Crippen molar-refractivity contribution in [1.82, 2.24) is 10.2 Å². The molecule has 0 fully saturated rings. The van der Waals surface area contributed by atoms with Gasteiger partial charge in [0, 0.05) is 32.7 Å². The largest absolute Gasteiger partial charge is 0.395 e. The zero-order valence-electron chi connectivity index (χ0n) is 12.3. The highest BCUT2D eigenvalue weighted by Crippen LogP contribution is 2.27. The molecule has 1 aliphatic heterocycles. The fraction of sp³-hybridized carbons (Fsp3) is 0.333. The van der Waals surface area contributed by atoms with Crippen molar-refractivity contribution in [3.63, 3.8) is 0 Å². The van der Waals surface area contributed by atoms with Gasteiger partial charge in [0.15, 0.2) is 0 Å². The van der Waals surface area contributed by atoms with E-state index in [2.05, 4.69) is 58.7 Å². The van der Waals surface area contributed by atoms with Gasteiger partial charge in [0.2, 0.25) is 0 Å². The van der Waals surface area contributed by atoms with Crippen LogP contribution in [0.15, 0.2) is 48.5 Å². The topological polar surface area (TPSA) is 35.5 Å². The van der Waals surface area contributed by atoms with Crippen LogP contribution in [0.25, 0.3) is 0 Å². The number of benzene rings is 2. The molecule has 0 amide bonds. The van der Waals surface area contributed by atoms with Crippen LogP contribution in [0.5, 0.6) is 0 Å². The molecule has 2 aromatic rings. The lowest BCUT2D eigenvalue weighted by molar-refractivity contribution is 0.274. The number of hydrogen-bond donors (Lipinski definition) is 2. The van der Waals surface area contributed by atoms with Crippen molar-refractivity contribution in [1.29, 1.82) is 0 Å². The summed E-state index contributed by atoms with van der Waals surface area (Å²) in [6.45, 7) is 4.72. The first-order chi connectivity index (χ1) is 10.4. The molecule has 0 bridgehead atoms. The fourth-order valence-electron chi connectivity index (χ4n) is 2.98. The van der Waals surface area contributed by atoms with Crippen molar-refractivity contribution in [2.24, 2.45) is 0 Å². The summed E-state index contributed by atoms with van der Waals surface area (Å²) >= 11 is 0. The first kappa shape index (κ1) is 14.3. The number of fused-ring (bicyclic) bond motifs is 1. The molecule has 1 aliphatic rings. The van der Waals surface area contributed by atoms with E-state index < -0.39 is 0 Å². The molecule has 0 aliphatic carbocycles. The van der Waals surface area contributed by atoms with E-state index >= 15 is 0 Å². The molecule has 3 heteroatoms. The third kappa shape index (κ3) is 3.50. The van der Waals surface area contributed by atoms with Crippen molar-refractivity contribution in [2.45, 2.75) is 26.2 Å². The predicted octanol–water partition coefficient (Wildman–Crippen LogP) is 2.28. The Labute approximate surface area is 126 Å². The summed E-state index contributed by atoms with van der Waals surface area (Å²) in [5.41, 5.74) is 5.62. The van der Waals surface area contributed by atoms with Gasteiger partial charge in [-0.3, -0.25) is 4.90 Å². The number of rotatable bonds is 6. The minimum atomic E-state index is 0.190. The summed E-state index contributed by atoms with van der Waals surface area (Å²) in [7, 11) is 0. The van der Waals surface area contributed by atoms with Gasteiger partial charge in [0.1, 0.15) is 0 Å². The van der Waals surface area contributed by atoms with Crippen LogP contribution in [0.3, 0.4) is 0 Å². The Morgan fingerprint density at radius 1 is 1.00 bits per heavy atom. The second-order valence-electron chi connectivity index (χ2n) is 5.59. The van der Waals surface area contributed by atoms with Crippen LogP contribution in [-0.2, 0) is 26.2 Å². The van der Waals surface area contributed by atoms with E-state index in [9.17, 15) is 0 Å². The molecule has 0 atom stereocenters. The monoisotopic (exact) mass is 282 g/mol. The Kier molecular flexibility index (Phi) is 4.65. The van der Waals surface area contributed by atoms with Gasteiger partial charge in [0.25, 0.3) is 0 Å². The third-order valence-electron chi connectivity index (χ3n) is 4.00. The van der Waals surface area contributed by atoms with E-state index in [0.717, 1.165) is 26.2 Å². The van der Waals surface area contributed by atoms with Crippen molar-refractivity contribution in [2.75, 3.05) is 13.2 Å². The maximum atomic E-state index is 8.87. The van der Waals surface area contributed by atoms with E-state index in [1.165, 1.54) is 22.3 Å².